The number of ether oxygens (including phenoxy) is 2. The minimum absolute atomic E-state index is 0.221. The van der Waals surface area contributed by atoms with Gasteiger partial charge in [-0.25, -0.2) is 9.78 Å². The number of nitrogen functional groups attached to an aromatic ring is 1. The van der Waals surface area contributed by atoms with Crippen LogP contribution in [0.4, 0.5) is 5.69 Å². The number of carbonyl (C=O) groups is 1. The molecule has 21 heavy (non-hydrogen) atoms. The summed E-state index contributed by atoms with van der Waals surface area (Å²) < 4.78 is 10.5. The predicted molar refractivity (Wildman–Crippen MR) is 78.0 cm³/mol. The largest absolute Gasteiger partial charge is 0.477 e. The maximum atomic E-state index is 11.8. The number of rotatable bonds is 6. The van der Waals surface area contributed by atoms with Crippen LogP contribution in [0.2, 0.25) is 0 Å². The maximum absolute atomic E-state index is 11.8. The fourth-order valence-corrected chi connectivity index (χ4v) is 1.74. The first-order valence-corrected chi connectivity index (χ1v) is 6.66. The molecule has 2 N–H and O–H groups in total. The van der Waals surface area contributed by atoms with E-state index in [1.165, 1.54) is 12.3 Å². The average molecular weight is 287 g/mol. The molecule has 6 heteroatoms. The maximum Gasteiger partial charge on any atom is 0.343 e. The molecule has 2 aromatic heterocycles. The van der Waals surface area contributed by atoms with Gasteiger partial charge >= 0.3 is 5.97 Å². The number of nitrogens with zero attached hydrogens (tertiary/aromatic N) is 2. The Balaban J connectivity index is 2.03. The van der Waals surface area contributed by atoms with Gasteiger partial charge in [-0.15, -0.1) is 0 Å². The summed E-state index contributed by atoms with van der Waals surface area (Å²) in [6.07, 6.45) is 3.79. The van der Waals surface area contributed by atoms with Crippen LogP contribution in [0.15, 0.2) is 36.7 Å². The van der Waals surface area contributed by atoms with E-state index in [0.29, 0.717) is 18.7 Å². The number of aromatic nitrogens is 2. The zero-order valence-corrected chi connectivity index (χ0v) is 11.8. The molecule has 0 saturated heterocycles. The van der Waals surface area contributed by atoms with Crippen LogP contribution >= 0.6 is 0 Å². The third kappa shape index (κ3) is 4.17. The van der Waals surface area contributed by atoms with Crippen molar-refractivity contribution in [3.05, 3.63) is 47.9 Å². The van der Waals surface area contributed by atoms with Gasteiger partial charge in [0, 0.05) is 18.3 Å². The topological polar surface area (TPSA) is 87.3 Å². The van der Waals surface area contributed by atoms with E-state index in [1.807, 2.05) is 18.2 Å². The lowest BCUT2D eigenvalue weighted by Gasteiger charge is -2.10. The Bertz CT molecular complexity index is 602. The lowest BCUT2D eigenvalue weighted by atomic mass is 10.2. The van der Waals surface area contributed by atoms with Crippen molar-refractivity contribution in [2.45, 2.75) is 13.3 Å². The molecule has 2 heterocycles. The summed E-state index contributed by atoms with van der Waals surface area (Å²) in [5.41, 5.74) is 7.17. The standard InChI is InChI=1S/C15H17N3O3/c1-2-20-15(19)13-9-11(16)10-18-14(13)21-8-6-12-5-3-4-7-17-12/h3-5,7,9-10H,2,6,8,16H2,1H3. The zero-order chi connectivity index (χ0) is 15.1. The zero-order valence-electron chi connectivity index (χ0n) is 11.8. The lowest BCUT2D eigenvalue weighted by Crippen LogP contribution is -2.11. The van der Waals surface area contributed by atoms with Gasteiger partial charge in [-0.2, -0.15) is 0 Å². The Morgan fingerprint density at radius 1 is 1.33 bits per heavy atom. The molecule has 0 saturated carbocycles. The molecule has 2 aromatic rings. The molecule has 0 fully saturated rings. The molecule has 0 bridgehead atoms. The van der Waals surface area contributed by atoms with E-state index in [2.05, 4.69) is 9.97 Å². The molecule has 0 atom stereocenters. The Labute approximate surface area is 122 Å². The average Bonchev–Trinajstić information content (AvgIpc) is 2.50. The van der Waals surface area contributed by atoms with Crippen LogP contribution in [0.5, 0.6) is 5.88 Å². The van der Waals surface area contributed by atoms with Gasteiger partial charge in [0.1, 0.15) is 5.56 Å². The van der Waals surface area contributed by atoms with E-state index in [0.717, 1.165) is 5.69 Å². The van der Waals surface area contributed by atoms with Crippen LogP contribution in [-0.4, -0.2) is 29.2 Å². The van der Waals surface area contributed by atoms with Crippen molar-refractivity contribution < 1.29 is 14.3 Å². The highest BCUT2D eigenvalue weighted by Gasteiger charge is 2.15. The Hall–Kier alpha value is -2.63. The molecule has 6 nitrogen and oxygen atoms in total. The van der Waals surface area contributed by atoms with Crippen molar-refractivity contribution in [2.75, 3.05) is 18.9 Å². The summed E-state index contributed by atoms with van der Waals surface area (Å²) in [6, 6.07) is 7.17. The van der Waals surface area contributed by atoms with E-state index in [4.69, 9.17) is 15.2 Å². The Morgan fingerprint density at radius 2 is 2.19 bits per heavy atom. The smallest absolute Gasteiger partial charge is 0.343 e. The van der Waals surface area contributed by atoms with E-state index in [9.17, 15) is 4.79 Å². The van der Waals surface area contributed by atoms with Gasteiger partial charge in [0.2, 0.25) is 5.88 Å². The normalized spacial score (nSPS) is 10.1. The lowest BCUT2D eigenvalue weighted by molar-refractivity contribution is 0.0520. The van der Waals surface area contributed by atoms with Crippen LogP contribution in [0.25, 0.3) is 0 Å². The molecule has 110 valence electrons. The summed E-state index contributed by atoms with van der Waals surface area (Å²) in [5.74, 6) is -0.274. The van der Waals surface area contributed by atoms with E-state index < -0.39 is 5.97 Å². The van der Waals surface area contributed by atoms with Crippen molar-refractivity contribution in [3.8, 4) is 5.88 Å². The molecular formula is C15H17N3O3. The molecular weight excluding hydrogens is 270 g/mol. The van der Waals surface area contributed by atoms with Crippen LogP contribution in [-0.2, 0) is 11.2 Å². The Morgan fingerprint density at radius 3 is 2.90 bits per heavy atom. The second kappa shape index (κ2) is 7.23. The first-order valence-electron chi connectivity index (χ1n) is 6.66. The molecule has 0 radical (unpaired) electrons. The summed E-state index contributed by atoms with van der Waals surface area (Å²) in [6.45, 7) is 2.38. The minimum Gasteiger partial charge on any atom is -0.477 e. The van der Waals surface area contributed by atoms with Crippen molar-refractivity contribution >= 4 is 11.7 Å². The first kappa shape index (κ1) is 14.8. The number of hydrogen-bond acceptors (Lipinski definition) is 6. The molecule has 0 aliphatic rings. The second-order valence-electron chi connectivity index (χ2n) is 4.26. The van der Waals surface area contributed by atoms with Crippen LogP contribution in [0, 0.1) is 0 Å². The molecule has 0 unspecified atom stereocenters. The highest BCUT2D eigenvalue weighted by molar-refractivity contribution is 5.92. The van der Waals surface area contributed by atoms with Crippen LogP contribution in [0.1, 0.15) is 23.0 Å². The Kier molecular flexibility index (Phi) is 5.09. The predicted octanol–water partition coefficient (Wildman–Crippen LogP) is 1.86. The summed E-state index contributed by atoms with van der Waals surface area (Å²) in [7, 11) is 0. The van der Waals surface area contributed by atoms with Crippen molar-refractivity contribution in [2.24, 2.45) is 0 Å². The number of anilines is 1. The number of esters is 1. The third-order valence-corrected chi connectivity index (χ3v) is 2.69. The van der Waals surface area contributed by atoms with Crippen molar-refractivity contribution in [3.63, 3.8) is 0 Å². The van der Waals surface area contributed by atoms with Crippen molar-refractivity contribution in [1.29, 1.82) is 0 Å². The molecule has 0 spiro atoms. The monoisotopic (exact) mass is 287 g/mol. The molecule has 0 aromatic carbocycles. The first-order chi connectivity index (χ1) is 10.2. The van der Waals surface area contributed by atoms with Gasteiger partial charge < -0.3 is 15.2 Å². The van der Waals surface area contributed by atoms with Crippen LogP contribution in [0.3, 0.4) is 0 Å². The van der Waals surface area contributed by atoms with Gasteiger partial charge in [0.15, 0.2) is 0 Å². The summed E-state index contributed by atoms with van der Waals surface area (Å²) in [5, 5.41) is 0. The van der Waals surface area contributed by atoms with E-state index in [-0.39, 0.29) is 18.1 Å². The second-order valence-corrected chi connectivity index (χ2v) is 4.26. The minimum atomic E-state index is -0.495. The summed E-state index contributed by atoms with van der Waals surface area (Å²) >= 11 is 0. The molecule has 0 amide bonds. The quantitative estimate of drug-likeness (QED) is 0.816. The van der Waals surface area contributed by atoms with Gasteiger partial charge in [0.05, 0.1) is 25.1 Å². The van der Waals surface area contributed by atoms with Gasteiger partial charge in [-0.1, -0.05) is 6.07 Å². The summed E-state index contributed by atoms with van der Waals surface area (Å²) in [4.78, 5) is 20.1. The SMILES string of the molecule is CCOC(=O)c1cc(N)cnc1OCCc1ccccn1. The van der Waals surface area contributed by atoms with Gasteiger partial charge in [0.25, 0.3) is 0 Å². The highest BCUT2D eigenvalue weighted by atomic mass is 16.5. The molecule has 0 aliphatic heterocycles. The molecule has 2 rings (SSSR count). The molecule has 0 aliphatic carbocycles. The van der Waals surface area contributed by atoms with Gasteiger partial charge in [-0.05, 0) is 25.1 Å². The van der Waals surface area contributed by atoms with E-state index >= 15 is 0 Å². The highest BCUT2D eigenvalue weighted by Crippen LogP contribution is 2.19. The number of carbonyl (C=O) groups excluding carboxylic acids is 1. The van der Waals surface area contributed by atoms with Gasteiger partial charge in [-0.3, -0.25) is 4.98 Å². The number of nitrogens with two attached hydrogens (primary N) is 1. The number of pyridine rings is 2. The van der Waals surface area contributed by atoms with Crippen molar-refractivity contribution in [1.82, 2.24) is 9.97 Å². The fourth-order valence-electron chi connectivity index (χ4n) is 1.74. The van der Waals surface area contributed by atoms with E-state index in [1.54, 1.807) is 13.1 Å². The third-order valence-electron chi connectivity index (χ3n) is 2.69. The number of hydrogen-bond donors (Lipinski definition) is 1. The van der Waals surface area contributed by atoms with Crippen LogP contribution < -0.4 is 10.5 Å². The fraction of sp³-hybridized carbons (Fsp3) is 0.267.